The number of hydrogen-bond acceptors (Lipinski definition) is 4. The summed E-state index contributed by atoms with van der Waals surface area (Å²) in [5, 5.41) is 3.77. The van der Waals surface area contributed by atoms with E-state index >= 15 is 0 Å². The van der Waals surface area contributed by atoms with Crippen molar-refractivity contribution in [2.75, 3.05) is 13.1 Å². The average Bonchev–Trinajstić information content (AvgIpc) is 3.18. The number of halogens is 3. The minimum Gasteiger partial charge on any atom is -0.310 e. The molecule has 2 aromatic heterocycles. The fourth-order valence-electron chi connectivity index (χ4n) is 3.84. The molecule has 0 radical (unpaired) electrons. The van der Waals surface area contributed by atoms with E-state index in [4.69, 9.17) is 0 Å². The van der Waals surface area contributed by atoms with E-state index in [2.05, 4.69) is 39.0 Å². The smallest absolute Gasteiger partial charge is 0.310 e. The zero-order valence-electron chi connectivity index (χ0n) is 15.3. The molecule has 2 atom stereocenters. The molecule has 1 fully saturated rings. The molecule has 6 nitrogen and oxygen atoms in total. The maximum atomic E-state index is 12.8. The molecule has 4 rings (SSSR count). The third-order valence-corrected chi connectivity index (χ3v) is 5.14. The van der Waals surface area contributed by atoms with Crippen LogP contribution in [0.2, 0.25) is 0 Å². The van der Waals surface area contributed by atoms with Crippen molar-refractivity contribution in [3.63, 3.8) is 0 Å². The van der Waals surface area contributed by atoms with E-state index in [0.29, 0.717) is 12.4 Å². The average molecular weight is 391 g/mol. The van der Waals surface area contributed by atoms with E-state index in [1.807, 2.05) is 18.2 Å². The molecule has 0 aliphatic carbocycles. The maximum Gasteiger partial charge on any atom is 0.408 e. The number of nitrogens with zero attached hydrogens (tertiary/aromatic N) is 4. The van der Waals surface area contributed by atoms with Crippen LogP contribution in [0.15, 0.2) is 41.3 Å². The van der Waals surface area contributed by atoms with Gasteiger partial charge in [0.15, 0.2) is 5.65 Å². The fourth-order valence-corrected chi connectivity index (χ4v) is 3.84. The summed E-state index contributed by atoms with van der Waals surface area (Å²) in [6.45, 7) is 3.07. The standard InChI is InChI=1S/C19H20F3N5O/c1-12-8-26(9-13-5-3-2-4-6-13)10-15(12)16-24-17-14(18(28)25-16)7-23-27(17)11-19(20,21)22/h2-7,12,15H,8-11H2,1H3,(H,24,25,28)/t12-,15-/m1/s1. The lowest BCUT2D eigenvalue weighted by atomic mass is 9.97. The van der Waals surface area contributed by atoms with Gasteiger partial charge in [0.1, 0.15) is 17.8 Å². The van der Waals surface area contributed by atoms with E-state index in [-0.39, 0.29) is 22.9 Å². The minimum absolute atomic E-state index is 0.0233. The van der Waals surface area contributed by atoms with Gasteiger partial charge in [0.25, 0.3) is 5.56 Å². The van der Waals surface area contributed by atoms with Crippen molar-refractivity contribution >= 4 is 11.0 Å². The second kappa shape index (κ2) is 7.05. The lowest BCUT2D eigenvalue weighted by Gasteiger charge is -2.16. The van der Waals surface area contributed by atoms with Gasteiger partial charge < -0.3 is 4.98 Å². The van der Waals surface area contributed by atoms with Crippen LogP contribution in [0.1, 0.15) is 24.2 Å². The summed E-state index contributed by atoms with van der Waals surface area (Å²) in [5.41, 5.74) is 0.711. The van der Waals surface area contributed by atoms with Crippen LogP contribution in [0, 0.1) is 5.92 Å². The van der Waals surface area contributed by atoms with Gasteiger partial charge in [-0.25, -0.2) is 9.67 Å². The number of H-pyrrole nitrogens is 1. The molecule has 0 spiro atoms. The Labute approximate surface area is 159 Å². The number of aromatic nitrogens is 4. The summed E-state index contributed by atoms with van der Waals surface area (Å²) in [5.74, 6) is 0.572. The van der Waals surface area contributed by atoms with E-state index in [1.54, 1.807) is 0 Å². The summed E-state index contributed by atoms with van der Waals surface area (Å²) < 4.78 is 39.1. The molecule has 9 heteroatoms. The summed E-state index contributed by atoms with van der Waals surface area (Å²) in [7, 11) is 0. The Morgan fingerprint density at radius 2 is 1.96 bits per heavy atom. The van der Waals surface area contributed by atoms with Crippen molar-refractivity contribution in [3.05, 3.63) is 58.3 Å². The van der Waals surface area contributed by atoms with E-state index in [0.717, 1.165) is 24.0 Å². The number of benzene rings is 1. The maximum absolute atomic E-state index is 12.8. The molecule has 1 aliphatic rings. The molecule has 3 heterocycles. The fraction of sp³-hybridized carbons (Fsp3) is 0.421. The molecular weight excluding hydrogens is 371 g/mol. The molecule has 0 bridgehead atoms. The third kappa shape index (κ3) is 3.80. The molecule has 1 N–H and O–H groups in total. The van der Waals surface area contributed by atoms with Gasteiger partial charge in [0, 0.05) is 25.6 Å². The van der Waals surface area contributed by atoms with Gasteiger partial charge in [0.05, 0.1) is 6.20 Å². The Bertz CT molecular complexity index is 1030. The lowest BCUT2D eigenvalue weighted by molar-refractivity contribution is -0.141. The van der Waals surface area contributed by atoms with Gasteiger partial charge in [-0.15, -0.1) is 0 Å². The zero-order valence-corrected chi connectivity index (χ0v) is 15.3. The van der Waals surface area contributed by atoms with Crippen LogP contribution in [0.5, 0.6) is 0 Å². The molecule has 28 heavy (non-hydrogen) atoms. The second-order valence-corrected chi connectivity index (χ2v) is 7.37. The number of hydrogen-bond donors (Lipinski definition) is 1. The Hall–Kier alpha value is -2.68. The number of nitrogens with one attached hydrogen (secondary N) is 1. The quantitative estimate of drug-likeness (QED) is 0.743. The van der Waals surface area contributed by atoms with Crippen LogP contribution < -0.4 is 5.56 Å². The van der Waals surface area contributed by atoms with Crippen molar-refractivity contribution in [2.24, 2.45) is 5.92 Å². The van der Waals surface area contributed by atoms with Crippen LogP contribution >= 0.6 is 0 Å². The van der Waals surface area contributed by atoms with Crippen LogP contribution in [0.3, 0.4) is 0 Å². The first-order chi connectivity index (χ1) is 13.3. The SMILES string of the molecule is C[C@@H]1CN(Cc2ccccc2)C[C@H]1c1nc2c(cnn2CC(F)(F)F)c(=O)[nH]1. The minimum atomic E-state index is -4.43. The predicted octanol–water partition coefficient (Wildman–Crippen LogP) is 2.92. The van der Waals surface area contributed by atoms with E-state index in [1.165, 1.54) is 5.56 Å². The third-order valence-electron chi connectivity index (χ3n) is 5.14. The lowest BCUT2D eigenvalue weighted by Crippen LogP contribution is -2.22. The highest BCUT2D eigenvalue weighted by atomic mass is 19.4. The van der Waals surface area contributed by atoms with Gasteiger partial charge in [0.2, 0.25) is 0 Å². The molecule has 148 valence electrons. The van der Waals surface area contributed by atoms with Crippen LogP contribution in [-0.4, -0.2) is 43.9 Å². The monoisotopic (exact) mass is 391 g/mol. The number of rotatable bonds is 4. The molecule has 1 saturated heterocycles. The zero-order chi connectivity index (χ0) is 19.9. The summed E-state index contributed by atoms with van der Waals surface area (Å²) in [6, 6.07) is 10.1. The van der Waals surface area contributed by atoms with Crippen molar-refractivity contribution in [1.29, 1.82) is 0 Å². The highest BCUT2D eigenvalue weighted by molar-refractivity contribution is 5.73. The first kappa shape index (κ1) is 18.7. The number of fused-ring (bicyclic) bond motifs is 1. The Morgan fingerprint density at radius 3 is 2.68 bits per heavy atom. The summed E-state index contributed by atoms with van der Waals surface area (Å²) in [4.78, 5) is 21.8. The first-order valence-electron chi connectivity index (χ1n) is 9.09. The highest BCUT2D eigenvalue weighted by Gasteiger charge is 2.34. The predicted molar refractivity (Wildman–Crippen MR) is 97.8 cm³/mol. The Morgan fingerprint density at radius 1 is 1.21 bits per heavy atom. The molecule has 0 saturated carbocycles. The highest BCUT2D eigenvalue weighted by Crippen LogP contribution is 2.31. The number of alkyl halides is 3. The summed E-state index contributed by atoms with van der Waals surface area (Å²) >= 11 is 0. The number of likely N-dealkylation sites (tertiary alicyclic amines) is 1. The van der Waals surface area contributed by atoms with Crippen LogP contribution in [-0.2, 0) is 13.1 Å². The van der Waals surface area contributed by atoms with Gasteiger partial charge in [-0.2, -0.15) is 18.3 Å². The second-order valence-electron chi connectivity index (χ2n) is 7.37. The van der Waals surface area contributed by atoms with Crippen LogP contribution in [0.4, 0.5) is 13.2 Å². The van der Waals surface area contributed by atoms with Crippen molar-refractivity contribution in [1.82, 2.24) is 24.6 Å². The van der Waals surface area contributed by atoms with Gasteiger partial charge in [-0.3, -0.25) is 9.69 Å². The molecular formula is C19H20F3N5O. The van der Waals surface area contributed by atoms with Gasteiger partial charge in [-0.1, -0.05) is 37.3 Å². The molecule has 3 aromatic rings. The largest absolute Gasteiger partial charge is 0.408 e. The molecule has 0 amide bonds. The van der Waals surface area contributed by atoms with Gasteiger partial charge >= 0.3 is 6.18 Å². The normalized spacial score (nSPS) is 20.9. The van der Waals surface area contributed by atoms with Crippen LogP contribution in [0.25, 0.3) is 11.0 Å². The molecule has 0 unspecified atom stereocenters. The Balaban J connectivity index is 1.61. The van der Waals surface area contributed by atoms with E-state index in [9.17, 15) is 18.0 Å². The van der Waals surface area contributed by atoms with E-state index < -0.39 is 18.3 Å². The Kier molecular flexibility index (Phi) is 4.70. The topological polar surface area (TPSA) is 66.8 Å². The first-order valence-corrected chi connectivity index (χ1v) is 9.09. The van der Waals surface area contributed by atoms with Gasteiger partial charge in [-0.05, 0) is 11.5 Å². The summed E-state index contributed by atoms with van der Waals surface area (Å²) in [6.07, 6.45) is -3.30. The van der Waals surface area contributed by atoms with Crippen molar-refractivity contribution < 1.29 is 13.2 Å². The van der Waals surface area contributed by atoms with Crippen molar-refractivity contribution in [2.45, 2.75) is 32.1 Å². The molecule has 1 aromatic carbocycles. The molecule has 1 aliphatic heterocycles. The van der Waals surface area contributed by atoms with Crippen molar-refractivity contribution in [3.8, 4) is 0 Å². The number of aromatic amines is 1.